The van der Waals surface area contributed by atoms with Crippen LogP contribution >= 0.6 is 0 Å². The predicted octanol–water partition coefficient (Wildman–Crippen LogP) is 4.34. The quantitative estimate of drug-likeness (QED) is 0.838. The fourth-order valence-electron chi connectivity index (χ4n) is 5.05. The van der Waals surface area contributed by atoms with Gasteiger partial charge in [-0.05, 0) is 64.0 Å². The van der Waals surface area contributed by atoms with Crippen LogP contribution in [0.3, 0.4) is 0 Å². The van der Waals surface area contributed by atoms with Gasteiger partial charge in [0, 0.05) is 18.1 Å². The molecule has 1 fully saturated rings. The van der Waals surface area contributed by atoms with E-state index in [9.17, 15) is 0 Å². The van der Waals surface area contributed by atoms with Crippen LogP contribution in [-0.2, 0) is 0 Å². The van der Waals surface area contributed by atoms with E-state index in [0.717, 1.165) is 5.70 Å². The van der Waals surface area contributed by atoms with Gasteiger partial charge in [-0.3, -0.25) is 4.98 Å². The first-order valence-electron chi connectivity index (χ1n) is 8.49. The van der Waals surface area contributed by atoms with Crippen LogP contribution in [0, 0.1) is 29.1 Å². The van der Waals surface area contributed by atoms with Crippen molar-refractivity contribution < 1.29 is 0 Å². The summed E-state index contributed by atoms with van der Waals surface area (Å²) in [4.78, 5) is 4.18. The molecule has 0 radical (unpaired) electrons. The highest BCUT2D eigenvalue weighted by atomic mass is 14.7. The molecule has 0 spiro atoms. The summed E-state index contributed by atoms with van der Waals surface area (Å²) in [6, 6.07) is 4.26. The average Bonchev–Trinajstić information content (AvgIpc) is 2.81. The zero-order valence-corrected chi connectivity index (χ0v) is 14.0. The molecule has 3 aliphatic carbocycles. The van der Waals surface area contributed by atoms with E-state index in [1.165, 1.54) is 16.7 Å². The summed E-state index contributed by atoms with van der Waals surface area (Å²) in [5, 5.41) is 0. The van der Waals surface area contributed by atoms with Crippen LogP contribution in [-0.4, -0.2) is 4.98 Å². The van der Waals surface area contributed by atoms with Crippen LogP contribution < -0.4 is 5.73 Å². The van der Waals surface area contributed by atoms with Crippen molar-refractivity contribution in [1.29, 1.82) is 0 Å². The van der Waals surface area contributed by atoms with Crippen molar-refractivity contribution >= 4 is 5.57 Å². The van der Waals surface area contributed by atoms with E-state index in [0.29, 0.717) is 23.7 Å². The second-order valence-corrected chi connectivity index (χ2v) is 7.63. The number of hydrogen-bond donors (Lipinski definition) is 1. The van der Waals surface area contributed by atoms with Crippen LogP contribution in [0.1, 0.15) is 26.3 Å². The van der Waals surface area contributed by atoms with Crippen LogP contribution in [0.2, 0.25) is 0 Å². The Morgan fingerprint density at radius 2 is 1.83 bits per heavy atom. The highest BCUT2D eigenvalue weighted by Gasteiger charge is 2.55. The Kier molecular flexibility index (Phi) is 3.12. The predicted molar refractivity (Wildman–Crippen MR) is 95.1 cm³/mol. The lowest BCUT2D eigenvalue weighted by atomic mass is 9.71. The number of fused-ring (bicyclic) bond motifs is 3. The van der Waals surface area contributed by atoms with Crippen molar-refractivity contribution in [1.82, 2.24) is 4.98 Å². The van der Waals surface area contributed by atoms with Crippen molar-refractivity contribution in [3.05, 3.63) is 71.7 Å². The van der Waals surface area contributed by atoms with Crippen molar-refractivity contribution in [2.24, 2.45) is 34.8 Å². The Hall–Kier alpha value is -2.09. The van der Waals surface area contributed by atoms with Crippen LogP contribution in [0.25, 0.3) is 5.57 Å². The molecule has 0 amide bonds. The Bertz CT molecular complexity index is 749. The smallest absolute Gasteiger partial charge is 0.0311 e. The number of hydrogen-bond acceptors (Lipinski definition) is 2. The van der Waals surface area contributed by atoms with E-state index < -0.39 is 0 Å². The molecule has 2 nitrogen and oxygen atoms in total. The summed E-state index contributed by atoms with van der Waals surface area (Å²) in [5.41, 5.74) is 11.7. The van der Waals surface area contributed by atoms with Gasteiger partial charge in [0.25, 0.3) is 0 Å². The van der Waals surface area contributed by atoms with E-state index in [-0.39, 0.29) is 5.41 Å². The summed E-state index contributed by atoms with van der Waals surface area (Å²) in [6.07, 6.45) is 15.1. The Labute approximate surface area is 138 Å². The average molecular weight is 304 g/mol. The molecule has 1 heterocycles. The van der Waals surface area contributed by atoms with Gasteiger partial charge in [0.05, 0.1) is 0 Å². The van der Waals surface area contributed by atoms with Gasteiger partial charge in [-0.25, -0.2) is 0 Å². The summed E-state index contributed by atoms with van der Waals surface area (Å²) < 4.78 is 0. The molecule has 3 aliphatic rings. The van der Waals surface area contributed by atoms with Crippen molar-refractivity contribution in [3.63, 3.8) is 0 Å². The van der Waals surface area contributed by atoms with Crippen LogP contribution in [0.5, 0.6) is 0 Å². The molecule has 1 aromatic rings. The standard InChI is InChI=1S/C21H24N2/c1-13-7-8-17(22)20-18(13)19-15(14-9-11-23-12-10-14)5-4-6-16(19)21(20,2)3/h4-13,16,18-19H,22H2,1-3H3. The van der Waals surface area contributed by atoms with Crippen LogP contribution in [0.4, 0.5) is 0 Å². The first kappa shape index (κ1) is 14.5. The largest absolute Gasteiger partial charge is 0.399 e. The molecule has 4 rings (SSSR count). The summed E-state index contributed by atoms with van der Waals surface area (Å²) in [6.45, 7) is 7.05. The minimum Gasteiger partial charge on any atom is -0.399 e. The molecule has 2 N–H and O–H groups in total. The van der Waals surface area contributed by atoms with Crippen LogP contribution in [0.15, 0.2) is 66.2 Å². The molecule has 0 saturated heterocycles. The second kappa shape index (κ2) is 4.95. The minimum atomic E-state index is 0.0987. The van der Waals surface area contributed by atoms with E-state index in [2.05, 4.69) is 68.3 Å². The summed E-state index contributed by atoms with van der Waals surface area (Å²) in [5.74, 6) is 2.00. The van der Waals surface area contributed by atoms with E-state index in [1.54, 1.807) is 0 Å². The number of nitrogens with two attached hydrogens (primary N) is 1. The lowest BCUT2D eigenvalue weighted by molar-refractivity contribution is 0.319. The maximum atomic E-state index is 6.44. The van der Waals surface area contributed by atoms with Gasteiger partial charge < -0.3 is 5.73 Å². The molecular formula is C21H24N2. The normalized spacial score (nSPS) is 34.1. The fraction of sp³-hybridized carbons (Fsp3) is 0.381. The first-order chi connectivity index (χ1) is 11.0. The molecule has 4 unspecified atom stereocenters. The van der Waals surface area contributed by atoms with Gasteiger partial charge in [0.2, 0.25) is 0 Å². The minimum absolute atomic E-state index is 0.0987. The van der Waals surface area contributed by atoms with Gasteiger partial charge in [-0.15, -0.1) is 0 Å². The number of pyridine rings is 1. The molecule has 2 heteroatoms. The van der Waals surface area contributed by atoms with E-state index >= 15 is 0 Å². The number of allylic oxidation sites excluding steroid dienone is 7. The van der Waals surface area contributed by atoms with Gasteiger partial charge in [-0.1, -0.05) is 45.1 Å². The maximum absolute atomic E-state index is 6.44. The maximum Gasteiger partial charge on any atom is 0.0311 e. The molecule has 1 aromatic heterocycles. The third kappa shape index (κ3) is 1.97. The molecule has 4 atom stereocenters. The highest BCUT2D eigenvalue weighted by molar-refractivity contribution is 5.73. The van der Waals surface area contributed by atoms with E-state index in [1.807, 2.05) is 12.4 Å². The third-order valence-electron chi connectivity index (χ3n) is 6.06. The second-order valence-electron chi connectivity index (χ2n) is 7.63. The molecule has 0 bridgehead atoms. The van der Waals surface area contributed by atoms with Gasteiger partial charge in [0.1, 0.15) is 0 Å². The third-order valence-corrected chi connectivity index (χ3v) is 6.06. The van der Waals surface area contributed by atoms with Crippen molar-refractivity contribution in [2.45, 2.75) is 20.8 Å². The Morgan fingerprint density at radius 3 is 2.57 bits per heavy atom. The topological polar surface area (TPSA) is 38.9 Å². The molecule has 1 saturated carbocycles. The Balaban J connectivity index is 1.89. The van der Waals surface area contributed by atoms with Gasteiger partial charge in [0.15, 0.2) is 0 Å². The molecule has 118 valence electrons. The van der Waals surface area contributed by atoms with Gasteiger partial charge in [-0.2, -0.15) is 0 Å². The Morgan fingerprint density at radius 1 is 1.09 bits per heavy atom. The fourth-order valence-corrected chi connectivity index (χ4v) is 5.05. The lowest BCUT2D eigenvalue weighted by Crippen LogP contribution is -2.25. The zero-order chi connectivity index (χ0) is 16.2. The first-order valence-corrected chi connectivity index (χ1v) is 8.49. The number of aromatic nitrogens is 1. The summed E-state index contributed by atoms with van der Waals surface area (Å²) >= 11 is 0. The summed E-state index contributed by atoms with van der Waals surface area (Å²) in [7, 11) is 0. The van der Waals surface area contributed by atoms with Crippen molar-refractivity contribution in [3.8, 4) is 0 Å². The van der Waals surface area contributed by atoms with Crippen molar-refractivity contribution in [2.75, 3.05) is 0 Å². The highest BCUT2D eigenvalue weighted by Crippen LogP contribution is 2.62. The SMILES string of the molecule is CC1C=CC(N)=C2C1C1C(c3ccncc3)=CC=CC1C2(C)C. The molecule has 0 aliphatic heterocycles. The zero-order valence-electron chi connectivity index (χ0n) is 14.0. The molecular weight excluding hydrogens is 280 g/mol. The lowest BCUT2D eigenvalue weighted by Gasteiger charge is -2.33. The molecule has 23 heavy (non-hydrogen) atoms. The van der Waals surface area contributed by atoms with E-state index in [4.69, 9.17) is 5.73 Å². The molecule has 0 aromatic carbocycles. The number of rotatable bonds is 1. The van der Waals surface area contributed by atoms with Gasteiger partial charge >= 0.3 is 0 Å². The number of nitrogens with zero attached hydrogens (tertiary/aromatic N) is 1. The monoisotopic (exact) mass is 304 g/mol.